The van der Waals surface area contributed by atoms with Gasteiger partial charge in [-0.15, -0.1) is 0 Å². The molecular formula is C14H24O3. The van der Waals surface area contributed by atoms with Gasteiger partial charge < -0.3 is 9.84 Å². The van der Waals surface area contributed by atoms with Crippen molar-refractivity contribution in [2.45, 2.75) is 64.4 Å². The van der Waals surface area contributed by atoms with Gasteiger partial charge in [0.05, 0.1) is 11.5 Å². The van der Waals surface area contributed by atoms with E-state index in [0.29, 0.717) is 5.92 Å². The van der Waals surface area contributed by atoms with E-state index in [1.807, 2.05) is 0 Å². The topological polar surface area (TPSA) is 46.5 Å². The molecule has 2 rings (SSSR count). The third-order valence-electron chi connectivity index (χ3n) is 4.62. The van der Waals surface area contributed by atoms with E-state index in [1.54, 1.807) is 0 Å². The maximum absolute atomic E-state index is 11.7. The summed E-state index contributed by atoms with van der Waals surface area (Å²) < 4.78 is 5.64. The predicted octanol–water partition coefficient (Wildman–Crippen LogP) is 3.23. The molecule has 1 saturated carbocycles. The number of carboxylic acids is 1. The standard InChI is InChI=1S/C14H24O3/c1-2-11-5-3-7-14(9-11,13(15)16)10-12-6-4-8-17-12/h11-12H,2-10H2,1H3,(H,15,16). The van der Waals surface area contributed by atoms with Gasteiger partial charge in [-0.2, -0.15) is 0 Å². The largest absolute Gasteiger partial charge is 0.481 e. The van der Waals surface area contributed by atoms with E-state index in [9.17, 15) is 9.90 Å². The van der Waals surface area contributed by atoms with Crippen molar-refractivity contribution in [3.63, 3.8) is 0 Å². The zero-order valence-electron chi connectivity index (χ0n) is 10.8. The highest BCUT2D eigenvalue weighted by molar-refractivity contribution is 5.74. The van der Waals surface area contributed by atoms with E-state index in [4.69, 9.17) is 4.74 Å². The minimum Gasteiger partial charge on any atom is -0.481 e. The Morgan fingerprint density at radius 3 is 2.82 bits per heavy atom. The molecule has 3 atom stereocenters. The Labute approximate surface area is 104 Å². The normalized spacial score (nSPS) is 38.2. The predicted molar refractivity (Wildman–Crippen MR) is 65.9 cm³/mol. The monoisotopic (exact) mass is 240 g/mol. The van der Waals surface area contributed by atoms with Crippen molar-refractivity contribution in [2.75, 3.05) is 6.61 Å². The van der Waals surface area contributed by atoms with Crippen LogP contribution in [-0.4, -0.2) is 23.8 Å². The molecule has 3 heteroatoms. The molecule has 17 heavy (non-hydrogen) atoms. The minimum atomic E-state index is -0.592. The zero-order chi connectivity index (χ0) is 12.3. The lowest BCUT2D eigenvalue weighted by Crippen LogP contribution is -2.39. The van der Waals surface area contributed by atoms with Crippen LogP contribution in [0.1, 0.15) is 58.3 Å². The Morgan fingerprint density at radius 2 is 2.24 bits per heavy atom. The van der Waals surface area contributed by atoms with Crippen LogP contribution in [0.15, 0.2) is 0 Å². The fraction of sp³-hybridized carbons (Fsp3) is 0.929. The summed E-state index contributed by atoms with van der Waals surface area (Å²) >= 11 is 0. The Morgan fingerprint density at radius 1 is 1.41 bits per heavy atom. The maximum atomic E-state index is 11.7. The molecule has 98 valence electrons. The SMILES string of the molecule is CCC1CCCC(CC2CCCO2)(C(=O)O)C1. The zero-order valence-corrected chi connectivity index (χ0v) is 10.8. The van der Waals surface area contributed by atoms with Crippen molar-refractivity contribution in [3.05, 3.63) is 0 Å². The van der Waals surface area contributed by atoms with E-state index >= 15 is 0 Å². The first-order valence-electron chi connectivity index (χ1n) is 7.01. The summed E-state index contributed by atoms with van der Waals surface area (Å²) in [5, 5.41) is 9.61. The highest BCUT2D eigenvalue weighted by Crippen LogP contribution is 2.45. The van der Waals surface area contributed by atoms with Crippen molar-refractivity contribution >= 4 is 5.97 Å². The number of hydrogen-bond acceptors (Lipinski definition) is 2. The first-order chi connectivity index (χ1) is 8.16. The number of carboxylic acid groups (broad SMARTS) is 1. The number of hydrogen-bond donors (Lipinski definition) is 1. The van der Waals surface area contributed by atoms with Gasteiger partial charge in [0.25, 0.3) is 0 Å². The van der Waals surface area contributed by atoms with Crippen LogP contribution in [0, 0.1) is 11.3 Å². The van der Waals surface area contributed by atoms with Crippen molar-refractivity contribution in [1.82, 2.24) is 0 Å². The highest BCUT2D eigenvalue weighted by Gasteiger charge is 2.44. The van der Waals surface area contributed by atoms with E-state index < -0.39 is 11.4 Å². The molecule has 2 aliphatic rings. The molecule has 1 aliphatic heterocycles. The van der Waals surface area contributed by atoms with Crippen LogP contribution < -0.4 is 0 Å². The van der Waals surface area contributed by atoms with Gasteiger partial charge in [0.2, 0.25) is 0 Å². The number of aliphatic carboxylic acids is 1. The Balaban J connectivity index is 2.05. The van der Waals surface area contributed by atoms with Crippen molar-refractivity contribution < 1.29 is 14.6 Å². The average Bonchev–Trinajstić information content (AvgIpc) is 2.81. The van der Waals surface area contributed by atoms with Crippen LogP contribution in [0.4, 0.5) is 0 Å². The van der Waals surface area contributed by atoms with Crippen LogP contribution in [0.25, 0.3) is 0 Å². The van der Waals surface area contributed by atoms with E-state index in [1.165, 1.54) is 6.42 Å². The van der Waals surface area contributed by atoms with E-state index in [0.717, 1.165) is 51.6 Å². The summed E-state index contributed by atoms with van der Waals surface area (Å²) in [6, 6.07) is 0. The lowest BCUT2D eigenvalue weighted by molar-refractivity contribution is -0.155. The molecule has 1 heterocycles. The summed E-state index contributed by atoms with van der Waals surface area (Å²) in [5.41, 5.74) is -0.492. The molecule has 0 aromatic rings. The fourth-order valence-corrected chi connectivity index (χ4v) is 3.54. The molecule has 0 aromatic carbocycles. The second kappa shape index (κ2) is 5.38. The molecule has 0 bridgehead atoms. The molecule has 0 spiro atoms. The highest BCUT2D eigenvalue weighted by atomic mass is 16.5. The van der Waals surface area contributed by atoms with Crippen LogP contribution in [0.3, 0.4) is 0 Å². The third kappa shape index (κ3) is 2.82. The number of rotatable bonds is 4. The summed E-state index contributed by atoms with van der Waals surface area (Å²) in [6.07, 6.45) is 8.16. The van der Waals surface area contributed by atoms with Crippen molar-refractivity contribution in [1.29, 1.82) is 0 Å². The van der Waals surface area contributed by atoms with Gasteiger partial charge in [-0.1, -0.05) is 26.2 Å². The van der Waals surface area contributed by atoms with Gasteiger partial charge >= 0.3 is 5.97 Å². The summed E-state index contributed by atoms with van der Waals surface area (Å²) in [5.74, 6) is 0.00685. The molecular weight excluding hydrogens is 216 g/mol. The van der Waals surface area contributed by atoms with Gasteiger partial charge in [-0.05, 0) is 38.0 Å². The summed E-state index contributed by atoms with van der Waals surface area (Å²) in [6.45, 7) is 2.99. The molecule has 0 amide bonds. The van der Waals surface area contributed by atoms with E-state index in [-0.39, 0.29) is 6.10 Å². The second-order valence-electron chi connectivity index (χ2n) is 5.80. The van der Waals surface area contributed by atoms with Gasteiger partial charge in [0, 0.05) is 6.61 Å². The van der Waals surface area contributed by atoms with E-state index in [2.05, 4.69) is 6.92 Å². The van der Waals surface area contributed by atoms with Gasteiger partial charge in [0.1, 0.15) is 0 Å². The first-order valence-corrected chi connectivity index (χ1v) is 7.01. The smallest absolute Gasteiger partial charge is 0.309 e. The molecule has 1 saturated heterocycles. The van der Waals surface area contributed by atoms with Crippen LogP contribution in [0.2, 0.25) is 0 Å². The summed E-state index contributed by atoms with van der Waals surface area (Å²) in [7, 11) is 0. The maximum Gasteiger partial charge on any atom is 0.309 e. The molecule has 1 N–H and O–H groups in total. The van der Waals surface area contributed by atoms with Crippen LogP contribution in [-0.2, 0) is 9.53 Å². The molecule has 1 aliphatic carbocycles. The van der Waals surface area contributed by atoms with Gasteiger partial charge in [-0.3, -0.25) is 4.79 Å². The average molecular weight is 240 g/mol. The Hall–Kier alpha value is -0.570. The van der Waals surface area contributed by atoms with Gasteiger partial charge in [-0.25, -0.2) is 0 Å². The Kier molecular flexibility index (Phi) is 4.08. The van der Waals surface area contributed by atoms with Crippen LogP contribution in [0.5, 0.6) is 0 Å². The second-order valence-corrected chi connectivity index (χ2v) is 5.80. The first kappa shape index (κ1) is 12.9. The van der Waals surface area contributed by atoms with Crippen molar-refractivity contribution in [2.24, 2.45) is 11.3 Å². The molecule has 2 fully saturated rings. The van der Waals surface area contributed by atoms with Gasteiger partial charge in [0.15, 0.2) is 0 Å². The third-order valence-corrected chi connectivity index (χ3v) is 4.62. The lowest BCUT2D eigenvalue weighted by Gasteiger charge is -2.38. The lowest BCUT2D eigenvalue weighted by atomic mass is 9.66. The fourth-order valence-electron chi connectivity index (χ4n) is 3.54. The summed E-state index contributed by atoms with van der Waals surface area (Å²) in [4.78, 5) is 11.7. The molecule has 0 aromatic heterocycles. The molecule has 3 nitrogen and oxygen atoms in total. The molecule has 3 unspecified atom stereocenters. The molecule has 0 radical (unpaired) electrons. The number of ether oxygens (including phenoxy) is 1. The minimum absolute atomic E-state index is 0.196. The number of carbonyl (C=O) groups is 1. The van der Waals surface area contributed by atoms with Crippen LogP contribution >= 0.6 is 0 Å². The Bertz CT molecular complexity index is 271. The van der Waals surface area contributed by atoms with Crippen molar-refractivity contribution in [3.8, 4) is 0 Å². The quantitative estimate of drug-likeness (QED) is 0.820.